The molecule has 1 aliphatic carbocycles. The summed E-state index contributed by atoms with van der Waals surface area (Å²) in [6.07, 6.45) is 0. The number of hydrogen-bond acceptors (Lipinski definition) is 0. The predicted molar refractivity (Wildman–Crippen MR) is 42.0 cm³/mol. The fourth-order valence-electron chi connectivity index (χ4n) is 0.864. The molecule has 0 amide bonds. The Morgan fingerprint density at radius 2 is 1.70 bits per heavy atom. The van der Waals surface area contributed by atoms with Crippen LogP contribution in [0.4, 0.5) is 0 Å². The van der Waals surface area contributed by atoms with Crippen molar-refractivity contribution in [1.82, 2.24) is 0 Å². The lowest BCUT2D eigenvalue weighted by molar-refractivity contribution is 1.26. The van der Waals surface area contributed by atoms with Crippen LogP contribution in [0.3, 0.4) is 0 Å². The van der Waals surface area contributed by atoms with Gasteiger partial charge in [-0.2, -0.15) is 0 Å². The standard InChI is InChI=1S/C9H5Cl/c10-9-5-3-8(4-6-9)7-1-2-7/h3-7H. The van der Waals surface area contributed by atoms with Crippen LogP contribution in [0.2, 0.25) is 5.02 Å². The Balaban J connectivity index is 2.28. The second kappa shape index (κ2) is 2.04. The lowest BCUT2D eigenvalue weighted by Crippen LogP contribution is -1.79. The van der Waals surface area contributed by atoms with E-state index in [1.165, 1.54) is 5.56 Å². The Bertz CT molecular complexity index is 292. The summed E-state index contributed by atoms with van der Waals surface area (Å²) in [5.41, 5.74) is 1.23. The Hall–Kier alpha value is -0.930. The highest BCUT2D eigenvalue weighted by atomic mass is 35.5. The topological polar surface area (TPSA) is 0 Å². The Morgan fingerprint density at radius 1 is 1.10 bits per heavy atom. The van der Waals surface area contributed by atoms with Crippen LogP contribution in [-0.2, 0) is 0 Å². The van der Waals surface area contributed by atoms with E-state index in [2.05, 4.69) is 11.8 Å². The molecule has 1 aromatic rings. The van der Waals surface area contributed by atoms with Gasteiger partial charge >= 0.3 is 0 Å². The largest absolute Gasteiger partial charge is 0.106 e. The second-order valence-corrected chi connectivity index (χ2v) is 2.71. The first-order valence-electron chi connectivity index (χ1n) is 3.13. The van der Waals surface area contributed by atoms with Gasteiger partial charge in [-0.05, 0) is 17.7 Å². The molecule has 0 bridgehead atoms. The normalized spacial score (nSPS) is 14.1. The van der Waals surface area contributed by atoms with E-state index in [0.29, 0.717) is 5.92 Å². The first kappa shape index (κ1) is 5.82. The fourth-order valence-corrected chi connectivity index (χ4v) is 0.990. The smallest absolute Gasteiger partial charge is 0.0843 e. The molecule has 0 heterocycles. The van der Waals surface area contributed by atoms with E-state index in [4.69, 9.17) is 11.6 Å². The summed E-state index contributed by atoms with van der Waals surface area (Å²) in [6.45, 7) is 0. The van der Waals surface area contributed by atoms with Crippen molar-refractivity contribution in [1.29, 1.82) is 0 Å². The van der Waals surface area contributed by atoms with E-state index in [1.54, 1.807) is 0 Å². The highest BCUT2D eigenvalue weighted by Gasteiger charge is 2.11. The molecule has 10 heavy (non-hydrogen) atoms. The van der Waals surface area contributed by atoms with Gasteiger partial charge in [0.15, 0.2) is 0 Å². The number of hydrogen-bond donors (Lipinski definition) is 0. The van der Waals surface area contributed by atoms with Gasteiger partial charge in [0.05, 0.1) is 0 Å². The molecule has 0 radical (unpaired) electrons. The van der Waals surface area contributed by atoms with Gasteiger partial charge in [-0.25, -0.2) is 0 Å². The number of rotatable bonds is 1. The highest BCUT2D eigenvalue weighted by molar-refractivity contribution is 6.30. The van der Waals surface area contributed by atoms with Gasteiger partial charge in [-0.1, -0.05) is 35.6 Å². The maximum atomic E-state index is 5.70. The third kappa shape index (κ3) is 1.01. The molecule has 1 aliphatic rings. The van der Waals surface area contributed by atoms with Gasteiger partial charge in [0.25, 0.3) is 0 Å². The maximum Gasteiger partial charge on any atom is 0.106 e. The molecule has 0 atom stereocenters. The highest BCUT2D eigenvalue weighted by Crippen LogP contribution is 2.22. The lowest BCUT2D eigenvalue weighted by Gasteiger charge is -1.94. The van der Waals surface area contributed by atoms with Crippen LogP contribution < -0.4 is 0 Å². The van der Waals surface area contributed by atoms with E-state index in [9.17, 15) is 0 Å². The minimum absolute atomic E-state index is 0.345. The average Bonchev–Trinajstić information content (AvgIpc) is 2.71. The molecule has 0 fully saturated rings. The van der Waals surface area contributed by atoms with Crippen LogP contribution in [0.1, 0.15) is 11.5 Å². The summed E-state index contributed by atoms with van der Waals surface area (Å²) in [6, 6.07) is 7.77. The summed E-state index contributed by atoms with van der Waals surface area (Å²) in [7, 11) is 0. The minimum atomic E-state index is 0.345. The molecule has 1 heteroatoms. The summed E-state index contributed by atoms with van der Waals surface area (Å²) >= 11 is 5.70. The monoisotopic (exact) mass is 148 g/mol. The van der Waals surface area contributed by atoms with E-state index in [1.807, 2.05) is 24.3 Å². The second-order valence-electron chi connectivity index (χ2n) is 2.27. The zero-order valence-electron chi connectivity index (χ0n) is 5.26. The zero-order valence-corrected chi connectivity index (χ0v) is 6.02. The van der Waals surface area contributed by atoms with Crippen molar-refractivity contribution >= 4 is 11.6 Å². The summed E-state index contributed by atoms with van der Waals surface area (Å²) in [4.78, 5) is 0. The molecule has 2 rings (SSSR count). The van der Waals surface area contributed by atoms with Crippen LogP contribution in [0, 0.1) is 11.8 Å². The molecule has 0 saturated heterocycles. The quantitative estimate of drug-likeness (QED) is 0.537. The summed E-state index contributed by atoms with van der Waals surface area (Å²) in [5.74, 6) is 6.30. The van der Waals surface area contributed by atoms with E-state index in [-0.39, 0.29) is 0 Å². The number of halogens is 1. The molecule has 0 aromatic heterocycles. The summed E-state index contributed by atoms with van der Waals surface area (Å²) in [5, 5.41) is 0.782. The third-order valence-corrected chi connectivity index (χ3v) is 1.74. The van der Waals surface area contributed by atoms with E-state index in [0.717, 1.165) is 5.02 Å². The fraction of sp³-hybridized carbons (Fsp3) is 0.111. The van der Waals surface area contributed by atoms with Gasteiger partial charge in [-0.3, -0.25) is 0 Å². The van der Waals surface area contributed by atoms with Crippen LogP contribution in [0.15, 0.2) is 24.3 Å². The first-order valence-corrected chi connectivity index (χ1v) is 3.50. The van der Waals surface area contributed by atoms with Gasteiger partial charge in [-0.15, -0.1) is 0 Å². The Labute approximate surface area is 64.8 Å². The average molecular weight is 149 g/mol. The van der Waals surface area contributed by atoms with Crippen LogP contribution in [0.5, 0.6) is 0 Å². The van der Waals surface area contributed by atoms with Crippen molar-refractivity contribution in [2.45, 2.75) is 5.92 Å². The summed E-state index contributed by atoms with van der Waals surface area (Å²) < 4.78 is 0. The van der Waals surface area contributed by atoms with E-state index >= 15 is 0 Å². The van der Waals surface area contributed by atoms with Crippen LogP contribution in [0.25, 0.3) is 0 Å². The van der Waals surface area contributed by atoms with Gasteiger partial charge in [0.2, 0.25) is 0 Å². The molecule has 1 aromatic carbocycles. The molecular weight excluding hydrogens is 144 g/mol. The van der Waals surface area contributed by atoms with Crippen molar-refractivity contribution in [2.24, 2.45) is 0 Å². The van der Waals surface area contributed by atoms with Crippen molar-refractivity contribution < 1.29 is 0 Å². The molecule has 0 N–H and O–H groups in total. The molecule has 48 valence electrons. The molecule has 0 aliphatic heterocycles. The van der Waals surface area contributed by atoms with Gasteiger partial charge in [0.1, 0.15) is 5.92 Å². The van der Waals surface area contributed by atoms with Crippen molar-refractivity contribution in [2.75, 3.05) is 0 Å². The van der Waals surface area contributed by atoms with Crippen molar-refractivity contribution in [3.63, 3.8) is 0 Å². The Morgan fingerprint density at radius 3 is 2.20 bits per heavy atom. The minimum Gasteiger partial charge on any atom is -0.0843 e. The molecule has 0 nitrogen and oxygen atoms in total. The molecule has 0 unspecified atom stereocenters. The molecule has 0 spiro atoms. The molecule has 0 saturated carbocycles. The van der Waals surface area contributed by atoms with Crippen molar-refractivity contribution in [3.8, 4) is 11.8 Å². The van der Waals surface area contributed by atoms with Gasteiger partial charge in [0, 0.05) is 5.02 Å². The van der Waals surface area contributed by atoms with Crippen LogP contribution in [-0.4, -0.2) is 0 Å². The number of benzene rings is 1. The van der Waals surface area contributed by atoms with Gasteiger partial charge < -0.3 is 0 Å². The molecular formula is C9H5Cl. The first-order chi connectivity index (χ1) is 4.86. The SMILES string of the molecule is Clc1ccc(C2C#C2)cc1. The van der Waals surface area contributed by atoms with E-state index < -0.39 is 0 Å². The lowest BCUT2D eigenvalue weighted by atomic mass is 10.1. The van der Waals surface area contributed by atoms with Crippen molar-refractivity contribution in [3.05, 3.63) is 34.9 Å². The van der Waals surface area contributed by atoms with Crippen LogP contribution >= 0.6 is 11.6 Å². The zero-order chi connectivity index (χ0) is 6.97. The maximum absolute atomic E-state index is 5.70. The Kier molecular flexibility index (Phi) is 1.19. The predicted octanol–water partition coefficient (Wildman–Crippen LogP) is 2.44. The third-order valence-electron chi connectivity index (χ3n) is 1.49.